The van der Waals surface area contributed by atoms with Crippen molar-refractivity contribution < 1.29 is 4.79 Å². The highest BCUT2D eigenvalue weighted by atomic mass is 16.2. The predicted octanol–water partition coefficient (Wildman–Crippen LogP) is 0.890. The number of nitrogens with one attached hydrogen (secondary N) is 1. The standard InChI is InChI=1S/C13H18N6O/c14-15-12(20)9-5-2-6-10-19-17-13(16-18-19)11-7-3-1-4-8-11/h1,3-4,7-8H,2,5-6,9-10,14H2,(H,15,20). The Hall–Kier alpha value is -2.28. The summed E-state index contributed by atoms with van der Waals surface area (Å²) < 4.78 is 0. The number of nitrogens with two attached hydrogens (primary N) is 1. The van der Waals surface area contributed by atoms with Crippen molar-refractivity contribution in [1.29, 1.82) is 0 Å². The van der Waals surface area contributed by atoms with Crippen molar-refractivity contribution in [2.75, 3.05) is 0 Å². The van der Waals surface area contributed by atoms with Crippen LogP contribution in [0.1, 0.15) is 25.7 Å². The van der Waals surface area contributed by atoms with Gasteiger partial charge in [-0.25, -0.2) is 5.84 Å². The summed E-state index contributed by atoms with van der Waals surface area (Å²) in [5, 5.41) is 12.4. The Morgan fingerprint density at radius 1 is 1.20 bits per heavy atom. The van der Waals surface area contributed by atoms with Crippen LogP contribution in [0.5, 0.6) is 0 Å². The van der Waals surface area contributed by atoms with Gasteiger partial charge in [-0.1, -0.05) is 36.8 Å². The van der Waals surface area contributed by atoms with Gasteiger partial charge in [0.2, 0.25) is 11.7 Å². The molecule has 7 nitrogen and oxygen atoms in total. The third-order valence-corrected chi connectivity index (χ3v) is 2.91. The summed E-state index contributed by atoms with van der Waals surface area (Å²) in [7, 11) is 0. The molecular formula is C13H18N6O. The molecule has 2 aromatic rings. The molecule has 3 N–H and O–H groups in total. The quantitative estimate of drug-likeness (QED) is 0.338. The zero-order valence-electron chi connectivity index (χ0n) is 11.2. The third kappa shape index (κ3) is 4.13. The summed E-state index contributed by atoms with van der Waals surface area (Å²) in [5.74, 6) is 5.51. The lowest BCUT2D eigenvalue weighted by Crippen LogP contribution is -2.29. The minimum atomic E-state index is -0.129. The molecule has 2 rings (SSSR count). The van der Waals surface area contributed by atoms with Gasteiger partial charge in [0.25, 0.3) is 0 Å². The van der Waals surface area contributed by atoms with E-state index in [1.807, 2.05) is 30.3 Å². The molecule has 0 aliphatic carbocycles. The van der Waals surface area contributed by atoms with Gasteiger partial charge in [-0.3, -0.25) is 10.2 Å². The topological polar surface area (TPSA) is 98.7 Å². The average Bonchev–Trinajstić information content (AvgIpc) is 2.96. The van der Waals surface area contributed by atoms with Crippen LogP contribution in [-0.4, -0.2) is 26.1 Å². The first-order chi connectivity index (χ1) is 9.79. The Kier molecular flexibility index (Phi) is 5.19. The molecule has 0 spiro atoms. The number of hydrazine groups is 1. The second kappa shape index (κ2) is 7.34. The number of aryl methyl sites for hydroxylation is 1. The van der Waals surface area contributed by atoms with Gasteiger partial charge < -0.3 is 0 Å². The summed E-state index contributed by atoms with van der Waals surface area (Å²) in [4.78, 5) is 12.5. The molecule has 7 heteroatoms. The van der Waals surface area contributed by atoms with Crippen molar-refractivity contribution in [3.8, 4) is 11.4 Å². The second-order valence-corrected chi connectivity index (χ2v) is 4.45. The van der Waals surface area contributed by atoms with Gasteiger partial charge in [-0.15, -0.1) is 10.2 Å². The highest BCUT2D eigenvalue weighted by Crippen LogP contribution is 2.12. The largest absolute Gasteiger partial charge is 0.294 e. The highest BCUT2D eigenvalue weighted by molar-refractivity contribution is 5.75. The number of hydrogen-bond acceptors (Lipinski definition) is 5. The zero-order chi connectivity index (χ0) is 14.2. The zero-order valence-corrected chi connectivity index (χ0v) is 11.2. The highest BCUT2D eigenvalue weighted by Gasteiger charge is 2.05. The van der Waals surface area contributed by atoms with Crippen LogP contribution in [0.15, 0.2) is 30.3 Å². The number of carbonyl (C=O) groups is 1. The fourth-order valence-electron chi connectivity index (χ4n) is 1.83. The van der Waals surface area contributed by atoms with Crippen LogP contribution in [0, 0.1) is 0 Å². The van der Waals surface area contributed by atoms with Crippen LogP contribution in [-0.2, 0) is 11.3 Å². The molecule has 0 unspecified atom stereocenters. The number of benzene rings is 1. The second-order valence-electron chi connectivity index (χ2n) is 4.45. The maximum absolute atomic E-state index is 10.9. The Morgan fingerprint density at radius 3 is 2.75 bits per heavy atom. The fraction of sp³-hybridized carbons (Fsp3) is 0.385. The average molecular weight is 274 g/mol. The number of rotatable bonds is 7. The van der Waals surface area contributed by atoms with Gasteiger partial charge in [0.15, 0.2) is 0 Å². The van der Waals surface area contributed by atoms with Crippen molar-refractivity contribution in [2.45, 2.75) is 32.2 Å². The van der Waals surface area contributed by atoms with E-state index in [9.17, 15) is 4.79 Å². The van der Waals surface area contributed by atoms with E-state index in [1.165, 1.54) is 0 Å². The van der Waals surface area contributed by atoms with Crippen LogP contribution >= 0.6 is 0 Å². The molecule has 0 aliphatic heterocycles. The molecule has 0 radical (unpaired) electrons. The number of amides is 1. The number of carbonyl (C=O) groups excluding carboxylic acids is 1. The van der Waals surface area contributed by atoms with Gasteiger partial charge in [-0.2, -0.15) is 4.80 Å². The number of aromatic nitrogens is 4. The minimum Gasteiger partial charge on any atom is -0.294 e. The summed E-state index contributed by atoms with van der Waals surface area (Å²) in [6.07, 6.45) is 3.10. The Morgan fingerprint density at radius 2 is 2.00 bits per heavy atom. The lowest BCUT2D eigenvalue weighted by atomic mass is 10.2. The first-order valence-electron chi connectivity index (χ1n) is 6.62. The van der Waals surface area contributed by atoms with Crippen LogP contribution < -0.4 is 11.3 Å². The molecule has 1 amide bonds. The van der Waals surface area contributed by atoms with Crippen LogP contribution in [0.25, 0.3) is 11.4 Å². The Labute approximate surface area is 117 Å². The number of hydrogen-bond donors (Lipinski definition) is 2. The molecule has 1 heterocycles. The molecule has 0 fully saturated rings. The van der Waals surface area contributed by atoms with Crippen molar-refractivity contribution in [3.05, 3.63) is 30.3 Å². The van der Waals surface area contributed by atoms with Crippen LogP contribution in [0.4, 0.5) is 0 Å². The molecule has 0 aliphatic rings. The van der Waals surface area contributed by atoms with Crippen molar-refractivity contribution >= 4 is 5.91 Å². The summed E-state index contributed by atoms with van der Waals surface area (Å²) in [6, 6.07) is 9.74. The van der Waals surface area contributed by atoms with E-state index >= 15 is 0 Å². The molecule has 0 bridgehead atoms. The first-order valence-corrected chi connectivity index (χ1v) is 6.62. The SMILES string of the molecule is NNC(=O)CCCCCn1nnc(-c2ccccc2)n1. The normalized spacial score (nSPS) is 10.4. The smallest absolute Gasteiger partial charge is 0.233 e. The van der Waals surface area contributed by atoms with Crippen molar-refractivity contribution in [3.63, 3.8) is 0 Å². The van der Waals surface area contributed by atoms with Crippen LogP contribution in [0.3, 0.4) is 0 Å². The van der Waals surface area contributed by atoms with E-state index in [0.717, 1.165) is 24.8 Å². The number of unbranched alkanes of at least 4 members (excludes halogenated alkanes) is 2. The molecule has 1 aromatic heterocycles. The van der Waals surface area contributed by atoms with E-state index in [4.69, 9.17) is 5.84 Å². The molecule has 106 valence electrons. The van der Waals surface area contributed by atoms with Crippen LogP contribution in [0.2, 0.25) is 0 Å². The van der Waals surface area contributed by atoms with E-state index in [-0.39, 0.29) is 5.91 Å². The Bertz CT molecular complexity index is 539. The van der Waals surface area contributed by atoms with Gasteiger partial charge in [0.1, 0.15) is 0 Å². The van der Waals surface area contributed by atoms with Gasteiger partial charge in [-0.05, 0) is 18.1 Å². The van der Waals surface area contributed by atoms with E-state index in [0.29, 0.717) is 18.8 Å². The Balaban J connectivity index is 1.75. The first kappa shape index (κ1) is 14.1. The molecule has 0 atom stereocenters. The molecule has 0 saturated carbocycles. The monoisotopic (exact) mass is 274 g/mol. The summed E-state index contributed by atoms with van der Waals surface area (Å²) in [6.45, 7) is 0.698. The van der Waals surface area contributed by atoms with E-state index in [1.54, 1.807) is 4.80 Å². The molecule has 1 aromatic carbocycles. The van der Waals surface area contributed by atoms with Crippen molar-refractivity contribution in [1.82, 2.24) is 25.6 Å². The van der Waals surface area contributed by atoms with Gasteiger partial charge >= 0.3 is 0 Å². The number of nitrogens with zero attached hydrogens (tertiary/aromatic N) is 4. The number of tetrazole rings is 1. The molecular weight excluding hydrogens is 256 g/mol. The van der Waals surface area contributed by atoms with E-state index < -0.39 is 0 Å². The third-order valence-electron chi connectivity index (χ3n) is 2.91. The minimum absolute atomic E-state index is 0.129. The van der Waals surface area contributed by atoms with Gasteiger partial charge in [0.05, 0.1) is 6.54 Å². The fourth-order valence-corrected chi connectivity index (χ4v) is 1.83. The summed E-state index contributed by atoms with van der Waals surface area (Å²) in [5.41, 5.74) is 3.07. The van der Waals surface area contributed by atoms with Crippen molar-refractivity contribution in [2.24, 2.45) is 5.84 Å². The van der Waals surface area contributed by atoms with Gasteiger partial charge in [0, 0.05) is 12.0 Å². The lowest BCUT2D eigenvalue weighted by molar-refractivity contribution is -0.121. The molecule has 20 heavy (non-hydrogen) atoms. The summed E-state index contributed by atoms with van der Waals surface area (Å²) >= 11 is 0. The maximum atomic E-state index is 10.9. The molecule has 0 saturated heterocycles. The lowest BCUT2D eigenvalue weighted by Gasteiger charge is -2.00. The van der Waals surface area contributed by atoms with E-state index in [2.05, 4.69) is 20.8 Å². The predicted molar refractivity (Wildman–Crippen MR) is 74.1 cm³/mol. The maximum Gasteiger partial charge on any atom is 0.233 e.